The number of carbonyl (C=O) groups excluding carboxylic acids is 1. The van der Waals surface area contributed by atoms with E-state index in [1.807, 2.05) is 0 Å². The van der Waals surface area contributed by atoms with Crippen molar-refractivity contribution in [1.29, 1.82) is 0 Å². The Morgan fingerprint density at radius 3 is 2.32 bits per heavy atom. The smallest absolute Gasteiger partial charge is 0.416 e. The number of furan rings is 1. The van der Waals surface area contributed by atoms with Crippen molar-refractivity contribution in [1.82, 2.24) is 5.32 Å². The number of anilines is 1. The third-order valence-electron chi connectivity index (χ3n) is 3.21. The second-order valence-corrected chi connectivity index (χ2v) is 7.08. The number of alkyl halides is 3. The Hall–Kier alpha value is -2.49. The van der Waals surface area contributed by atoms with E-state index in [2.05, 4.69) is 5.32 Å². The summed E-state index contributed by atoms with van der Waals surface area (Å²) in [6.07, 6.45) is -2.24. The number of benzene rings is 1. The van der Waals surface area contributed by atoms with Crippen LogP contribution in [0.25, 0.3) is 0 Å². The fourth-order valence-corrected chi connectivity index (χ4v) is 2.86. The summed E-state index contributed by atoms with van der Waals surface area (Å²) < 4.78 is 67.3. The molecule has 0 saturated heterocycles. The zero-order valence-corrected chi connectivity index (χ0v) is 13.9. The molecule has 1 aromatic carbocycles. The summed E-state index contributed by atoms with van der Waals surface area (Å²) in [5.41, 5.74) is -0.948. The van der Waals surface area contributed by atoms with E-state index < -0.39 is 34.2 Å². The molecular formula is C15H15F3N2O4S. The van der Waals surface area contributed by atoms with Crippen LogP contribution in [0.3, 0.4) is 0 Å². The van der Waals surface area contributed by atoms with Crippen LogP contribution in [0.1, 0.15) is 11.3 Å². The molecule has 10 heteroatoms. The van der Waals surface area contributed by atoms with Gasteiger partial charge in [-0.25, -0.2) is 8.42 Å². The Balaban J connectivity index is 2.12. The fraction of sp³-hybridized carbons (Fsp3) is 0.267. The standard InChI is InChI=1S/C15H15F3N2O4S/c1-25(22,23)20(10-14(21)19-9-13-3-2-8-24-13)12-6-4-11(5-7-12)15(16,17)18/h2-8H,9-10H2,1H3,(H,19,21). The normalized spacial score (nSPS) is 12.0. The Bertz CT molecular complexity index is 815. The molecule has 0 aliphatic rings. The van der Waals surface area contributed by atoms with Crippen LogP contribution >= 0.6 is 0 Å². The summed E-state index contributed by atoms with van der Waals surface area (Å²) in [4.78, 5) is 12.0. The van der Waals surface area contributed by atoms with E-state index >= 15 is 0 Å². The van der Waals surface area contributed by atoms with Crippen molar-refractivity contribution in [2.75, 3.05) is 17.1 Å². The molecule has 1 heterocycles. The molecule has 0 aliphatic carbocycles. The zero-order chi connectivity index (χ0) is 18.7. The van der Waals surface area contributed by atoms with E-state index in [0.717, 1.165) is 34.8 Å². The minimum Gasteiger partial charge on any atom is -0.467 e. The molecule has 25 heavy (non-hydrogen) atoms. The first-order valence-corrected chi connectivity index (χ1v) is 8.86. The van der Waals surface area contributed by atoms with Gasteiger partial charge in [-0.3, -0.25) is 9.10 Å². The van der Waals surface area contributed by atoms with Crippen LogP contribution in [-0.2, 0) is 27.5 Å². The van der Waals surface area contributed by atoms with Crippen LogP contribution in [-0.4, -0.2) is 27.1 Å². The summed E-state index contributed by atoms with van der Waals surface area (Å²) >= 11 is 0. The van der Waals surface area contributed by atoms with Crippen LogP contribution in [0.2, 0.25) is 0 Å². The number of amides is 1. The maximum atomic E-state index is 12.6. The van der Waals surface area contributed by atoms with Crippen molar-refractivity contribution in [3.8, 4) is 0 Å². The third-order valence-corrected chi connectivity index (χ3v) is 4.35. The molecule has 0 atom stereocenters. The minimum absolute atomic E-state index is 0.0383. The molecule has 0 unspecified atom stereocenters. The molecule has 0 saturated carbocycles. The Kier molecular flexibility index (Phi) is 5.41. The van der Waals surface area contributed by atoms with E-state index in [0.29, 0.717) is 5.76 Å². The van der Waals surface area contributed by atoms with E-state index in [1.54, 1.807) is 12.1 Å². The first-order valence-electron chi connectivity index (χ1n) is 7.01. The van der Waals surface area contributed by atoms with Gasteiger partial charge in [0.2, 0.25) is 15.9 Å². The van der Waals surface area contributed by atoms with Crippen LogP contribution in [0.15, 0.2) is 47.1 Å². The molecule has 2 aromatic rings. The van der Waals surface area contributed by atoms with Gasteiger partial charge in [-0.15, -0.1) is 0 Å². The lowest BCUT2D eigenvalue weighted by Crippen LogP contribution is -2.40. The van der Waals surface area contributed by atoms with Crippen molar-refractivity contribution in [3.63, 3.8) is 0 Å². The number of sulfonamides is 1. The topological polar surface area (TPSA) is 79.6 Å². The van der Waals surface area contributed by atoms with Gasteiger partial charge in [-0.2, -0.15) is 13.2 Å². The lowest BCUT2D eigenvalue weighted by molar-refractivity contribution is -0.137. The summed E-state index contributed by atoms with van der Waals surface area (Å²) in [5, 5.41) is 2.47. The van der Waals surface area contributed by atoms with Gasteiger partial charge >= 0.3 is 6.18 Å². The van der Waals surface area contributed by atoms with Crippen molar-refractivity contribution >= 4 is 21.6 Å². The van der Waals surface area contributed by atoms with Gasteiger partial charge in [-0.1, -0.05) is 0 Å². The number of halogens is 3. The summed E-state index contributed by atoms with van der Waals surface area (Å²) in [6.45, 7) is -0.499. The van der Waals surface area contributed by atoms with Crippen molar-refractivity contribution in [2.45, 2.75) is 12.7 Å². The predicted molar refractivity (Wildman–Crippen MR) is 84.2 cm³/mol. The molecule has 1 N–H and O–H groups in total. The molecule has 2 rings (SSSR count). The van der Waals surface area contributed by atoms with Gasteiger partial charge in [0.25, 0.3) is 0 Å². The van der Waals surface area contributed by atoms with Crippen molar-refractivity contribution in [3.05, 3.63) is 54.0 Å². The molecule has 1 amide bonds. The molecular weight excluding hydrogens is 361 g/mol. The van der Waals surface area contributed by atoms with Crippen LogP contribution in [0.5, 0.6) is 0 Å². The highest BCUT2D eigenvalue weighted by atomic mass is 32.2. The lowest BCUT2D eigenvalue weighted by atomic mass is 10.2. The fourth-order valence-electron chi connectivity index (χ4n) is 2.00. The SMILES string of the molecule is CS(=O)(=O)N(CC(=O)NCc1ccco1)c1ccc(C(F)(F)F)cc1. The van der Waals surface area contributed by atoms with Gasteiger partial charge in [0.15, 0.2) is 0 Å². The highest BCUT2D eigenvalue weighted by molar-refractivity contribution is 7.92. The largest absolute Gasteiger partial charge is 0.467 e. The number of carbonyl (C=O) groups is 1. The van der Waals surface area contributed by atoms with Crippen molar-refractivity contribution in [2.24, 2.45) is 0 Å². The first-order chi connectivity index (χ1) is 11.6. The van der Waals surface area contributed by atoms with E-state index in [9.17, 15) is 26.4 Å². The van der Waals surface area contributed by atoms with E-state index in [4.69, 9.17) is 4.42 Å². The van der Waals surface area contributed by atoms with Gasteiger partial charge < -0.3 is 9.73 Å². The molecule has 0 radical (unpaired) electrons. The highest BCUT2D eigenvalue weighted by Crippen LogP contribution is 2.30. The number of hydrogen-bond acceptors (Lipinski definition) is 4. The Labute approximate surface area is 142 Å². The Morgan fingerprint density at radius 2 is 1.84 bits per heavy atom. The second kappa shape index (κ2) is 7.18. The number of rotatable bonds is 6. The quantitative estimate of drug-likeness (QED) is 0.840. The summed E-state index contributed by atoms with van der Waals surface area (Å²) in [7, 11) is -3.87. The predicted octanol–water partition coefficient (Wildman–Crippen LogP) is 2.38. The number of hydrogen-bond donors (Lipinski definition) is 1. The summed E-state index contributed by atoms with van der Waals surface area (Å²) in [5.74, 6) is -0.143. The zero-order valence-electron chi connectivity index (χ0n) is 13.1. The Morgan fingerprint density at radius 1 is 1.20 bits per heavy atom. The van der Waals surface area contributed by atoms with E-state index in [1.165, 1.54) is 6.26 Å². The maximum absolute atomic E-state index is 12.6. The number of nitrogens with one attached hydrogen (secondary N) is 1. The van der Waals surface area contributed by atoms with Crippen LogP contribution in [0.4, 0.5) is 18.9 Å². The minimum atomic E-state index is -4.53. The molecule has 0 spiro atoms. The lowest BCUT2D eigenvalue weighted by Gasteiger charge is -2.22. The van der Waals surface area contributed by atoms with E-state index in [-0.39, 0.29) is 12.2 Å². The van der Waals surface area contributed by atoms with Crippen molar-refractivity contribution < 1.29 is 30.8 Å². The second-order valence-electron chi connectivity index (χ2n) is 5.17. The van der Waals surface area contributed by atoms with Crippen LogP contribution < -0.4 is 9.62 Å². The first kappa shape index (κ1) is 18.8. The van der Waals surface area contributed by atoms with Crippen LogP contribution in [0, 0.1) is 0 Å². The monoisotopic (exact) mass is 376 g/mol. The molecule has 0 bridgehead atoms. The van der Waals surface area contributed by atoms with Gasteiger partial charge in [0.05, 0.1) is 30.3 Å². The third kappa shape index (κ3) is 5.24. The average Bonchev–Trinajstić information content (AvgIpc) is 3.02. The summed E-state index contributed by atoms with van der Waals surface area (Å²) in [6, 6.07) is 6.78. The molecule has 0 aliphatic heterocycles. The highest BCUT2D eigenvalue weighted by Gasteiger charge is 2.30. The van der Waals surface area contributed by atoms with Gasteiger partial charge in [0.1, 0.15) is 12.3 Å². The molecule has 6 nitrogen and oxygen atoms in total. The number of nitrogens with zero attached hydrogens (tertiary/aromatic N) is 1. The molecule has 136 valence electrons. The molecule has 0 fully saturated rings. The average molecular weight is 376 g/mol. The van der Waals surface area contributed by atoms with Gasteiger partial charge in [-0.05, 0) is 36.4 Å². The van der Waals surface area contributed by atoms with Gasteiger partial charge in [0, 0.05) is 0 Å². The molecule has 1 aromatic heterocycles. The maximum Gasteiger partial charge on any atom is 0.416 e.